The largest absolute Gasteiger partial charge is 0.457 e. The van der Waals surface area contributed by atoms with E-state index in [2.05, 4.69) is 21.7 Å². The van der Waals surface area contributed by atoms with Crippen molar-refractivity contribution >= 4 is 39.8 Å². The van der Waals surface area contributed by atoms with Gasteiger partial charge in [0.2, 0.25) is 0 Å². The van der Waals surface area contributed by atoms with Crippen molar-refractivity contribution < 1.29 is 18.3 Å². The fraction of sp³-hybridized carbons (Fsp3) is 0.370. The monoisotopic (exact) mass is 540 g/mol. The topological polar surface area (TPSA) is 73.8 Å². The van der Waals surface area contributed by atoms with Gasteiger partial charge in [0.05, 0.1) is 17.3 Å². The van der Waals surface area contributed by atoms with Crippen LogP contribution in [0, 0.1) is 5.82 Å². The Hall–Kier alpha value is -3.50. The summed E-state index contributed by atoms with van der Waals surface area (Å²) in [6.45, 7) is 7.51. The van der Waals surface area contributed by atoms with E-state index in [1.807, 2.05) is 18.2 Å². The van der Waals surface area contributed by atoms with Crippen LogP contribution in [-0.4, -0.2) is 72.7 Å². The van der Waals surface area contributed by atoms with Crippen LogP contribution in [0.5, 0.6) is 6.01 Å². The fourth-order valence-electron chi connectivity index (χ4n) is 5.25. The van der Waals surface area contributed by atoms with Crippen LogP contribution in [0.25, 0.3) is 10.8 Å². The van der Waals surface area contributed by atoms with Crippen molar-refractivity contribution in [3.63, 3.8) is 0 Å². The molecule has 1 N–H and O–H groups in total. The lowest BCUT2D eigenvalue weighted by Gasteiger charge is -2.38. The first-order valence-corrected chi connectivity index (χ1v) is 13.0. The van der Waals surface area contributed by atoms with Crippen molar-refractivity contribution in [2.45, 2.75) is 19.1 Å². The van der Waals surface area contributed by atoms with E-state index in [4.69, 9.17) is 26.3 Å². The Morgan fingerprint density at radius 3 is 2.58 bits per heavy atom. The second-order valence-corrected chi connectivity index (χ2v) is 10.1. The predicted molar refractivity (Wildman–Crippen MR) is 142 cm³/mol. The lowest BCUT2D eigenvalue weighted by atomic mass is 10.0. The maximum Gasteiger partial charge on any atom is 0.319 e. The van der Waals surface area contributed by atoms with Crippen molar-refractivity contribution in [2.24, 2.45) is 0 Å². The van der Waals surface area contributed by atoms with Crippen LogP contribution in [0.15, 0.2) is 42.7 Å². The summed E-state index contributed by atoms with van der Waals surface area (Å²) in [5.41, 5.74) is 2.71. The first-order valence-electron chi connectivity index (χ1n) is 12.7. The Labute approximate surface area is 223 Å². The maximum absolute atomic E-state index is 14.4. The van der Waals surface area contributed by atoms with Crippen LogP contribution >= 0.6 is 11.6 Å². The van der Waals surface area contributed by atoms with E-state index in [9.17, 15) is 13.6 Å². The summed E-state index contributed by atoms with van der Waals surface area (Å²) in [4.78, 5) is 27.4. The number of piperazine rings is 1. The third-order valence-electron chi connectivity index (χ3n) is 7.39. The van der Waals surface area contributed by atoms with E-state index in [-0.39, 0.29) is 11.1 Å². The smallest absolute Gasteiger partial charge is 0.319 e. The van der Waals surface area contributed by atoms with E-state index in [1.165, 1.54) is 11.0 Å². The van der Waals surface area contributed by atoms with Gasteiger partial charge in [0, 0.05) is 62.5 Å². The van der Waals surface area contributed by atoms with E-state index in [0.29, 0.717) is 57.1 Å². The molecular weight excluding hydrogens is 514 g/mol. The number of nitrogens with zero attached hydrogens (tertiary/aromatic N) is 5. The van der Waals surface area contributed by atoms with Crippen LogP contribution in [0.2, 0.25) is 5.02 Å². The molecule has 38 heavy (non-hydrogen) atoms. The minimum atomic E-state index is -0.948. The average molecular weight is 541 g/mol. The minimum absolute atomic E-state index is 0.00507. The summed E-state index contributed by atoms with van der Waals surface area (Å²) in [5, 5.41) is 4.84. The summed E-state index contributed by atoms with van der Waals surface area (Å²) in [6.07, 6.45) is 0.671. The molecule has 1 amide bonds. The highest BCUT2D eigenvalue weighted by molar-refractivity contribution is 6.36. The molecule has 0 bridgehead atoms. The van der Waals surface area contributed by atoms with Crippen LogP contribution in [0.4, 0.5) is 20.3 Å². The number of hydrogen-bond donors (Lipinski definition) is 1. The molecule has 3 aliphatic rings. The second kappa shape index (κ2) is 9.99. The van der Waals surface area contributed by atoms with Gasteiger partial charge in [-0.3, -0.25) is 4.79 Å². The number of nitrogens with one attached hydrogen (secondary N) is 1. The molecule has 3 aromatic rings. The van der Waals surface area contributed by atoms with E-state index in [1.54, 1.807) is 6.07 Å². The number of aromatic nitrogens is 2. The minimum Gasteiger partial charge on any atom is -0.457 e. The molecule has 0 spiro atoms. The van der Waals surface area contributed by atoms with Crippen LogP contribution < -0.4 is 19.9 Å². The zero-order valence-corrected chi connectivity index (χ0v) is 21.5. The molecule has 2 fully saturated rings. The van der Waals surface area contributed by atoms with Crippen molar-refractivity contribution in [3.05, 3.63) is 64.8 Å². The Kier molecular flexibility index (Phi) is 6.53. The zero-order chi connectivity index (χ0) is 26.4. The number of amides is 1. The van der Waals surface area contributed by atoms with Crippen molar-refractivity contribution in [1.82, 2.24) is 20.2 Å². The summed E-state index contributed by atoms with van der Waals surface area (Å²) < 4.78 is 33.8. The number of halogens is 3. The van der Waals surface area contributed by atoms with Crippen LogP contribution in [0.1, 0.15) is 11.3 Å². The van der Waals surface area contributed by atoms with E-state index < -0.39 is 17.6 Å². The summed E-state index contributed by atoms with van der Waals surface area (Å²) >= 11 is 6.42. The van der Waals surface area contributed by atoms with Gasteiger partial charge in [0.1, 0.15) is 17.7 Å². The van der Waals surface area contributed by atoms with Crippen molar-refractivity contribution in [2.75, 3.05) is 55.6 Å². The number of anilines is 2. The van der Waals surface area contributed by atoms with Gasteiger partial charge in [0.15, 0.2) is 5.83 Å². The van der Waals surface area contributed by atoms with Gasteiger partial charge < -0.3 is 24.8 Å². The second-order valence-electron chi connectivity index (χ2n) is 9.75. The Bertz CT molecular complexity index is 1420. The molecule has 198 valence electrons. The highest BCUT2D eigenvalue weighted by Gasteiger charge is 2.31. The molecule has 3 aliphatic heterocycles. The molecule has 11 heteroatoms. The van der Waals surface area contributed by atoms with Gasteiger partial charge in [-0.2, -0.15) is 9.97 Å². The summed E-state index contributed by atoms with van der Waals surface area (Å²) in [6, 6.07) is 9.24. The molecule has 1 aromatic heterocycles. The molecule has 4 heterocycles. The number of benzene rings is 2. The van der Waals surface area contributed by atoms with Gasteiger partial charge >= 0.3 is 6.01 Å². The number of fused-ring (bicyclic) bond motifs is 2. The molecule has 0 aliphatic carbocycles. The number of carbonyl (C=O) groups is 1. The van der Waals surface area contributed by atoms with Gasteiger partial charge in [-0.1, -0.05) is 36.4 Å². The van der Waals surface area contributed by atoms with E-state index >= 15 is 0 Å². The standard InChI is InChI=1S/C27H27ClF2N6O2/c1-16(29)26(37)35-11-9-34(10-12-35)25-19-7-8-36(15-21(19)32-27(33-25)38-18-13-31-14-18)22-4-2-3-17-5-6-20(30)24(28)23(17)22/h2-6,18,31H,1,7-15H2. The van der Waals surface area contributed by atoms with Crippen LogP contribution in [0.3, 0.4) is 0 Å². The van der Waals surface area contributed by atoms with Gasteiger partial charge in [-0.05, 0) is 23.9 Å². The predicted octanol–water partition coefficient (Wildman–Crippen LogP) is 3.47. The Morgan fingerprint density at radius 1 is 1.08 bits per heavy atom. The molecule has 0 unspecified atom stereocenters. The molecular formula is C27H27ClF2N6O2. The third kappa shape index (κ3) is 4.52. The van der Waals surface area contributed by atoms with Gasteiger partial charge in [-0.25, -0.2) is 8.78 Å². The normalized spacial score (nSPS) is 17.8. The molecule has 2 saturated heterocycles. The van der Waals surface area contributed by atoms with Crippen molar-refractivity contribution in [1.29, 1.82) is 0 Å². The lowest BCUT2D eigenvalue weighted by molar-refractivity contribution is -0.128. The molecule has 0 atom stereocenters. The third-order valence-corrected chi connectivity index (χ3v) is 7.76. The number of rotatable bonds is 5. The molecule has 6 rings (SSSR count). The molecule has 0 radical (unpaired) electrons. The number of hydrogen-bond acceptors (Lipinski definition) is 7. The first-order chi connectivity index (χ1) is 18.4. The first kappa shape index (κ1) is 24.8. The Morgan fingerprint density at radius 2 is 1.87 bits per heavy atom. The molecule has 2 aromatic carbocycles. The van der Waals surface area contributed by atoms with Crippen molar-refractivity contribution in [3.8, 4) is 6.01 Å². The van der Waals surface area contributed by atoms with Gasteiger partial charge in [-0.15, -0.1) is 0 Å². The molecule has 0 saturated carbocycles. The number of ether oxygens (including phenoxy) is 1. The summed E-state index contributed by atoms with van der Waals surface area (Å²) in [7, 11) is 0. The SMILES string of the molecule is C=C(F)C(=O)N1CCN(c2nc(OC3CNC3)nc3c2CCN(c2cccc4ccc(F)c(Cl)c24)C3)CC1. The quantitative estimate of drug-likeness (QED) is 0.497. The molecule has 8 nitrogen and oxygen atoms in total. The highest BCUT2D eigenvalue weighted by atomic mass is 35.5. The zero-order valence-electron chi connectivity index (χ0n) is 20.7. The fourth-order valence-corrected chi connectivity index (χ4v) is 5.52. The lowest BCUT2D eigenvalue weighted by Crippen LogP contribution is -2.51. The maximum atomic E-state index is 14.4. The van der Waals surface area contributed by atoms with Crippen LogP contribution in [-0.2, 0) is 17.8 Å². The van der Waals surface area contributed by atoms with Gasteiger partial charge in [0.25, 0.3) is 5.91 Å². The number of carbonyl (C=O) groups excluding carboxylic acids is 1. The Balaban J connectivity index is 1.33. The average Bonchev–Trinajstić information content (AvgIpc) is 2.91. The summed E-state index contributed by atoms with van der Waals surface area (Å²) in [5.74, 6) is -1.29. The van der Waals surface area contributed by atoms with E-state index in [0.717, 1.165) is 41.2 Å². The highest BCUT2D eigenvalue weighted by Crippen LogP contribution is 2.38.